The molecule has 2 N–H and O–H groups in total. The molecule has 42 heavy (non-hydrogen) atoms. The monoisotopic (exact) mass is 572 g/mol. The van der Waals surface area contributed by atoms with E-state index in [1.54, 1.807) is 17.0 Å². The quantitative estimate of drug-likeness (QED) is 0.361. The average molecular weight is 573 g/mol. The average Bonchev–Trinajstić information content (AvgIpc) is 3.28. The van der Waals surface area contributed by atoms with Gasteiger partial charge < -0.3 is 29.5 Å². The Bertz CT molecular complexity index is 1400. The minimum atomic E-state index is -1.02. The lowest BCUT2D eigenvalue weighted by atomic mass is 9.93. The number of nitrogens with one attached hydrogen (secondary N) is 1. The van der Waals surface area contributed by atoms with Gasteiger partial charge in [0.15, 0.2) is 0 Å². The number of nitrogens with zero attached hydrogens (tertiary/aromatic N) is 1. The number of hydrogen-bond donors (Lipinski definition) is 2. The zero-order valence-electron chi connectivity index (χ0n) is 24.0. The van der Waals surface area contributed by atoms with Crippen molar-refractivity contribution in [1.82, 2.24) is 10.2 Å². The number of likely N-dealkylation sites (tertiary alicyclic amines) is 1. The maximum Gasteiger partial charge on any atom is 0.410 e. The maximum atomic E-state index is 13.1. The highest BCUT2D eigenvalue weighted by atomic mass is 16.6. The Morgan fingerprint density at radius 2 is 1.52 bits per heavy atom. The van der Waals surface area contributed by atoms with E-state index in [0.29, 0.717) is 25.3 Å². The van der Waals surface area contributed by atoms with E-state index in [-0.39, 0.29) is 36.7 Å². The molecule has 1 heterocycles. The van der Waals surface area contributed by atoms with Gasteiger partial charge in [-0.25, -0.2) is 14.4 Å². The van der Waals surface area contributed by atoms with Crippen LogP contribution in [0.5, 0.6) is 5.75 Å². The fraction of sp³-hybridized carbons (Fsp3) is 0.364. The fourth-order valence-electron chi connectivity index (χ4n) is 5.57. The molecule has 3 aromatic carbocycles. The van der Waals surface area contributed by atoms with Crippen LogP contribution in [0.1, 0.15) is 54.6 Å². The zero-order chi connectivity index (χ0) is 29.9. The van der Waals surface area contributed by atoms with Crippen LogP contribution in [0.3, 0.4) is 0 Å². The van der Waals surface area contributed by atoms with Gasteiger partial charge in [0.25, 0.3) is 0 Å². The van der Waals surface area contributed by atoms with Crippen LogP contribution >= 0.6 is 0 Å². The third kappa shape index (κ3) is 6.67. The number of carbonyl (C=O) groups excluding carboxylic acids is 2. The van der Waals surface area contributed by atoms with Crippen LogP contribution in [0.25, 0.3) is 11.1 Å². The van der Waals surface area contributed by atoms with E-state index in [0.717, 1.165) is 22.3 Å². The Morgan fingerprint density at radius 1 is 0.905 bits per heavy atom. The summed E-state index contributed by atoms with van der Waals surface area (Å²) in [6.45, 7) is 6.57. The van der Waals surface area contributed by atoms with E-state index < -0.39 is 23.8 Å². The van der Waals surface area contributed by atoms with Crippen LogP contribution < -0.4 is 10.1 Å². The van der Waals surface area contributed by atoms with Gasteiger partial charge in [0.1, 0.15) is 18.0 Å². The maximum absolute atomic E-state index is 13.1. The van der Waals surface area contributed by atoms with E-state index in [4.69, 9.17) is 19.3 Å². The number of piperidine rings is 1. The van der Waals surface area contributed by atoms with Crippen molar-refractivity contribution in [2.75, 3.05) is 26.3 Å². The summed E-state index contributed by atoms with van der Waals surface area (Å²) in [5, 5.41) is 12.2. The molecular formula is C33H36N2O7. The molecule has 0 unspecified atom stereocenters. The van der Waals surface area contributed by atoms with Crippen LogP contribution in [0.2, 0.25) is 0 Å². The molecule has 5 rings (SSSR count). The normalized spacial score (nSPS) is 18.0. The summed E-state index contributed by atoms with van der Waals surface area (Å²) in [6, 6.07) is 22.2. The Kier molecular flexibility index (Phi) is 8.38. The lowest BCUT2D eigenvalue weighted by molar-refractivity contribution is 0.00944. The minimum absolute atomic E-state index is 0.0509. The predicted octanol–water partition coefficient (Wildman–Crippen LogP) is 5.93. The van der Waals surface area contributed by atoms with Gasteiger partial charge in [0.05, 0.1) is 12.2 Å². The third-order valence-electron chi connectivity index (χ3n) is 7.60. The van der Waals surface area contributed by atoms with Crippen LogP contribution in [0, 0.1) is 5.92 Å². The van der Waals surface area contributed by atoms with Crippen molar-refractivity contribution >= 4 is 18.2 Å². The first-order valence-electron chi connectivity index (χ1n) is 14.1. The van der Waals surface area contributed by atoms with Gasteiger partial charge in [-0.3, -0.25) is 0 Å². The number of benzene rings is 3. The van der Waals surface area contributed by atoms with Gasteiger partial charge in [-0.15, -0.1) is 0 Å². The SMILES string of the molecule is CC(C)(C)OC(=O)N1CC[C@@H](NC(=O)OCC2c3ccccc3-c3ccccc32)[C@@H](COc2ccc(C(=O)O)cc2)C1. The smallest absolute Gasteiger partial charge is 0.410 e. The number of rotatable bonds is 7. The summed E-state index contributed by atoms with van der Waals surface area (Å²) in [7, 11) is 0. The molecule has 0 spiro atoms. The van der Waals surface area contributed by atoms with Crippen LogP contribution in [0.15, 0.2) is 72.8 Å². The van der Waals surface area contributed by atoms with E-state index >= 15 is 0 Å². The van der Waals surface area contributed by atoms with Gasteiger partial charge in [0.2, 0.25) is 0 Å². The Hall–Kier alpha value is -4.53. The largest absolute Gasteiger partial charge is 0.493 e. The van der Waals surface area contributed by atoms with Gasteiger partial charge in [0, 0.05) is 31.0 Å². The number of ether oxygens (including phenoxy) is 3. The summed E-state index contributed by atoms with van der Waals surface area (Å²) >= 11 is 0. The zero-order valence-corrected chi connectivity index (χ0v) is 24.0. The topological polar surface area (TPSA) is 114 Å². The van der Waals surface area contributed by atoms with Crippen molar-refractivity contribution in [1.29, 1.82) is 0 Å². The number of alkyl carbamates (subject to hydrolysis) is 1. The number of carbonyl (C=O) groups is 3. The van der Waals surface area contributed by atoms with Gasteiger partial charge in [-0.1, -0.05) is 48.5 Å². The molecule has 9 heteroatoms. The van der Waals surface area contributed by atoms with Crippen molar-refractivity contribution in [2.24, 2.45) is 5.92 Å². The number of fused-ring (bicyclic) bond motifs is 3. The fourth-order valence-corrected chi connectivity index (χ4v) is 5.57. The summed E-state index contributed by atoms with van der Waals surface area (Å²) in [4.78, 5) is 38.7. The lowest BCUT2D eigenvalue weighted by Crippen LogP contribution is -2.54. The number of amides is 2. The molecule has 2 aliphatic rings. The standard InChI is InChI=1S/C33H36N2O7/c1-33(2,3)42-32(39)35-17-16-29(22(18-35)19-40-23-14-12-21(13-15-23)30(36)37)34-31(38)41-20-28-26-10-6-4-8-24(26)25-9-5-7-11-27(25)28/h4-15,22,28-29H,16-20H2,1-3H3,(H,34,38)(H,36,37)/t22-,29-/m1/s1. The van der Waals surface area contributed by atoms with Crippen LogP contribution in [0.4, 0.5) is 9.59 Å². The third-order valence-corrected chi connectivity index (χ3v) is 7.60. The molecule has 0 bridgehead atoms. The van der Waals surface area contributed by atoms with Crippen LogP contribution in [-0.4, -0.2) is 66.1 Å². The Balaban J connectivity index is 1.24. The molecule has 1 saturated heterocycles. The summed E-state index contributed by atoms with van der Waals surface area (Å²) in [5.41, 5.74) is 4.11. The van der Waals surface area contributed by atoms with Crippen LogP contribution in [-0.2, 0) is 9.47 Å². The van der Waals surface area contributed by atoms with Gasteiger partial charge in [-0.05, 0) is 73.7 Å². The second-order valence-corrected chi connectivity index (χ2v) is 11.7. The van der Waals surface area contributed by atoms with Crippen molar-refractivity contribution in [3.63, 3.8) is 0 Å². The van der Waals surface area contributed by atoms with E-state index in [1.165, 1.54) is 12.1 Å². The number of carboxylic acid groups (broad SMARTS) is 1. The number of carboxylic acids is 1. The summed E-state index contributed by atoms with van der Waals surface area (Å²) < 4.78 is 17.3. The summed E-state index contributed by atoms with van der Waals surface area (Å²) in [5.74, 6) is -0.834. The molecule has 9 nitrogen and oxygen atoms in total. The first kappa shape index (κ1) is 29.0. The summed E-state index contributed by atoms with van der Waals surface area (Å²) in [6.07, 6.45) is -0.448. The molecule has 0 aromatic heterocycles. The van der Waals surface area contributed by atoms with E-state index in [9.17, 15) is 14.4 Å². The van der Waals surface area contributed by atoms with Gasteiger partial charge >= 0.3 is 18.2 Å². The van der Waals surface area contributed by atoms with Crippen molar-refractivity contribution in [2.45, 2.75) is 44.8 Å². The number of hydrogen-bond acceptors (Lipinski definition) is 6. The first-order valence-corrected chi connectivity index (χ1v) is 14.1. The molecule has 2 atom stereocenters. The minimum Gasteiger partial charge on any atom is -0.493 e. The molecule has 220 valence electrons. The molecule has 1 aliphatic heterocycles. The predicted molar refractivity (Wildman–Crippen MR) is 157 cm³/mol. The highest BCUT2D eigenvalue weighted by Gasteiger charge is 2.36. The Labute approximate surface area is 245 Å². The van der Waals surface area contributed by atoms with Gasteiger partial charge in [-0.2, -0.15) is 0 Å². The van der Waals surface area contributed by atoms with Crippen molar-refractivity contribution < 1.29 is 33.7 Å². The Morgan fingerprint density at radius 3 is 2.12 bits per heavy atom. The highest BCUT2D eigenvalue weighted by molar-refractivity contribution is 5.87. The molecule has 3 aromatic rings. The first-order chi connectivity index (χ1) is 20.1. The van der Waals surface area contributed by atoms with E-state index in [2.05, 4.69) is 29.6 Å². The molecule has 0 saturated carbocycles. The van der Waals surface area contributed by atoms with E-state index in [1.807, 2.05) is 45.0 Å². The molecular weight excluding hydrogens is 536 g/mol. The second-order valence-electron chi connectivity index (χ2n) is 11.7. The second kappa shape index (κ2) is 12.1. The molecule has 2 amide bonds. The van der Waals surface area contributed by atoms with Crippen molar-refractivity contribution in [3.05, 3.63) is 89.5 Å². The lowest BCUT2D eigenvalue weighted by Gasteiger charge is -2.39. The molecule has 1 aliphatic carbocycles. The molecule has 0 radical (unpaired) electrons. The molecule has 1 fully saturated rings. The van der Waals surface area contributed by atoms with Crippen molar-refractivity contribution in [3.8, 4) is 16.9 Å². The highest BCUT2D eigenvalue weighted by Crippen LogP contribution is 2.44. The number of aromatic carboxylic acids is 1.